The molecular formula is C11H24N2. The first-order chi connectivity index (χ1) is 6.14. The predicted octanol–water partition coefficient (Wildman–Crippen LogP) is 1.91. The van der Waals surface area contributed by atoms with E-state index < -0.39 is 0 Å². The fraction of sp³-hybridized carbons (Fsp3) is 1.00. The van der Waals surface area contributed by atoms with Crippen LogP contribution < -0.4 is 10.6 Å². The lowest BCUT2D eigenvalue weighted by Gasteiger charge is -2.34. The monoisotopic (exact) mass is 184 g/mol. The summed E-state index contributed by atoms with van der Waals surface area (Å²) < 4.78 is 0. The van der Waals surface area contributed by atoms with Crippen LogP contribution in [0.3, 0.4) is 0 Å². The summed E-state index contributed by atoms with van der Waals surface area (Å²) in [5.41, 5.74) is 0.318. The van der Waals surface area contributed by atoms with Crippen molar-refractivity contribution in [2.24, 2.45) is 0 Å². The molecule has 1 rings (SSSR count). The lowest BCUT2D eigenvalue weighted by atomic mass is 9.95. The summed E-state index contributed by atoms with van der Waals surface area (Å²) in [5.74, 6) is 0. The molecule has 0 amide bonds. The maximum absolute atomic E-state index is 3.73. The first kappa shape index (κ1) is 11.0. The van der Waals surface area contributed by atoms with E-state index in [0.717, 1.165) is 6.54 Å². The third kappa shape index (κ3) is 4.10. The van der Waals surface area contributed by atoms with E-state index in [-0.39, 0.29) is 0 Å². The first-order valence-electron chi connectivity index (χ1n) is 5.62. The van der Waals surface area contributed by atoms with Crippen LogP contribution in [0.15, 0.2) is 0 Å². The van der Waals surface area contributed by atoms with E-state index in [1.165, 1.54) is 32.2 Å². The van der Waals surface area contributed by atoms with Crippen molar-refractivity contribution in [1.29, 1.82) is 0 Å². The number of hydrogen-bond donors (Lipinski definition) is 2. The minimum absolute atomic E-state index is 0.318. The van der Waals surface area contributed by atoms with Gasteiger partial charge in [-0.25, -0.2) is 0 Å². The molecule has 0 spiro atoms. The van der Waals surface area contributed by atoms with E-state index in [1.807, 2.05) is 0 Å². The largest absolute Gasteiger partial charge is 0.315 e. The molecule has 2 nitrogen and oxygen atoms in total. The molecule has 78 valence electrons. The maximum atomic E-state index is 3.73. The Hall–Kier alpha value is -0.0800. The maximum Gasteiger partial charge on any atom is 0.0197 e. The molecule has 1 heterocycles. The molecule has 0 aliphatic carbocycles. The Kier molecular flexibility index (Phi) is 4.20. The van der Waals surface area contributed by atoms with Crippen molar-refractivity contribution in [1.82, 2.24) is 10.6 Å². The summed E-state index contributed by atoms with van der Waals surface area (Å²) in [5, 5.41) is 7.17. The highest BCUT2D eigenvalue weighted by atomic mass is 15.0. The average molecular weight is 184 g/mol. The second-order valence-corrected chi connectivity index (χ2v) is 4.82. The molecule has 0 radical (unpaired) electrons. The molecule has 13 heavy (non-hydrogen) atoms. The fourth-order valence-electron chi connectivity index (χ4n) is 2.22. The Labute approximate surface area is 82.5 Å². The molecule has 1 aliphatic heterocycles. The Morgan fingerprint density at radius 1 is 1.46 bits per heavy atom. The lowest BCUT2D eigenvalue weighted by Crippen LogP contribution is -2.51. The number of nitrogens with one attached hydrogen (secondary N) is 2. The van der Waals surface area contributed by atoms with Gasteiger partial charge >= 0.3 is 0 Å². The summed E-state index contributed by atoms with van der Waals surface area (Å²) in [4.78, 5) is 0. The van der Waals surface area contributed by atoms with Gasteiger partial charge in [-0.1, -0.05) is 13.3 Å². The van der Waals surface area contributed by atoms with E-state index in [9.17, 15) is 0 Å². The fourth-order valence-corrected chi connectivity index (χ4v) is 2.22. The molecule has 0 bridgehead atoms. The molecule has 1 saturated heterocycles. The van der Waals surface area contributed by atoms with Crippen LogP contribution in [0.2, 0.25) is 0 Å². The molecule has 0 aromatic rings. The van der Waals surface area contributed by atoms with Crippen molar-refractivity contribution in [2.45, 2.75) is 58.0 Å². The number of piperidine rings is 1. The summed E-state index contributed by atoms with van der Waals surface area (Å²) >= 11 is 0. The topological polar surface area (TPSA) is 24.1 Å². The highest BCUT2D eigenvalue weighted by molar-refractivity contribution is 4.84. The predicted molar refractivity (Wildman–Crippen MR) is 58.0 cm³/mol. The molecule has 1 fully saturated rings. The van der Waals surface area contributed by atoms with Gasteiger partial charge in [0.05, 0.1) is 0 Å². The van der Waals surface area contributed by atoms with E-state index in [4.69, 9.17) is 0 Å². The SMILES string of the molecule is CCCC(C)(C)N[C@H]1CCCNC1. The molecule has 2 heteroatoms. The van der Waals surface area contributed by atoms with Gasteiger partial charge in [-0.3, -0.25) is 0 Å². The van der Waals surface area contributed by atoms with Crippen molar-refractivity contribution in [2.75, 3.05) is 13.1 Å². The normalized spacial score (nSPS) is 24.7. The Morgan fingerprint density at radius 2 is 2.23 bits per heavy atom. The van der Waals surface area contributed by atoms with Crippen LogP contribution in [0.4, 0.5) is 0 Å². The second-order valence-electron chi connectivity index (χ2n) is 4.82. The van der Waals surface area contributed by atoms with Crippen molar-refractivity contribution >= 4 is 0 Å². The zero-order valence-electron chi connectivity index (χ0n) is 9.32. The van der Waals surface area contributed by atoms with Crippen LogP contribution in [0.25, 0.3) is 0 Å². The quantitative estimate of drug-likeness (QED) is 0.697. The minimum atomic E-state index is 0.318. The van der Waals surface area contributed by atoms with E-state index in [0.29, 0.717) is 11.6 Å². The lowest BCUT2D eigenvalue weighted by molar-refractivity contribution is 0.275. The van der Waals surface area contributed by atoms with Gasteiger partial charge in [0, 0.05) is 18.1 Å². The van der Waals surface area contributed by atoms with Gasteiger partial charge in [-0.05, 0) is 39.7 Å². The first-order valence-corrected chi connectivity index (χ1v) is 5.62. The third-order valence-corrected chi connectivity index (χ3v) is 2.77. The Morgan fingerprint density at radius 3 is 2.77 bits per heavy atom. The van der Waals surface area contributed by atoms with Crippen LogP contribution in [0.1, 0.15) is 46.5 Å². The van der Waals surface area contributed by atoms with Crippen LogP contribution in [0.5, 0.6) is 0 Å². The van der Waals surface area contributed by atoms with Crippen LogP contribution in [-0.4, -0.2) is 24.7 Å². The Balaban J connectivity index is 2.28. The average Bonchev–Trinajstić information content (AvgIpc) is 2.04. The molecule has 1 aliphatic rings. The van der Waals surface area contributed by atoms with Gasteiger partial charge in [-0.15, -0.1) is 0 Å². The van der Waals surface area contributed by atoms with E-state index in [1.54, 1.807) is 0 Å². The van der Waals surface area contributed by atoms with Crippen LogP contribution in [0, 0.1) is 0 Å². The highest BCUT2D eigenvalue weighted by Crippen LogP contribution is 2.14. The molecule has 0 unspecified atom stereocenters. The summed E-state index contributed by atoms with van der Waals surface area (Å²) in [6.07, 6.45) is 5.18. The zero-order chi connectivity index (χ0) is 9.73. The molecule has 0 aromatic heterocycles. The van der Waals surface area contributed by atoms with Gasteiger partial charge in [-0.2, -0.15) is 0 Å². The van der Waals surface area contributed by atoms with Crippen molar-refractivity contribution in [3.05, 3.63) is 0 Å². The molecule has 2 N–H and O–H groups in total. The number of hydrogen-bond acceptors (Lipinski definition) is 2. The molecule has 1 atom stereocenters. The minimum Gasteiger partial charge on any atom is -0.315 e. The van der Waals surface area contributed by atoms with Gasteiger partial charge < -0.3 is 10.6 Å². The van der Waals surface area contributed by atoms with Crippen molar-refractivity contribution in [3.63, 3.8) is 0 Å². The van der Waals surface area contributed by atoms with Crippen molar-refractivity contribution in [3.8, 4) is 0 Å². The summed E-state index contributed by atoms with van der Waals surface area (Å²) in [6.45, 7) is 9.22. The van der Waals surface area contributed by atoms with Gasteiger partial charge in [0.25, 0.3) is 0 Å². The molecule has 0 saturated carbocycles. The highest BCUT2D eigenvalue weighted by Gasteiger charge is 2.22. The van der Waals surface area contributed by atoms with Gasteiger partial charge in [0.1, 0.15) is 0 Å². The van der Waals surface area contributed by atoms with Gasteiger partial charge in [0.2, 0.25) is 0 Å². The van der Waals surface area contributed by atoms with Crippen LogP contribution >= 0.6 is 0 Å². The second kappa shape index (κ2) is 4.97. The smallest absolute Gasteiger partial charge is 0.0197 e. The van der Waals surface area contributed by atoms with Crippen LogP contribution in [-0.2, 0) is 0 Å². The molecule has 0 aromatic carbocycles. The van der Waals surface area contributed by atoms with E-state index in [2.05, 4.69) is 31.4 Å². The third-order valence-electron chi connectivity index (χ3n) is 2.77. The number of rotatable bonds is 4. The summed E-state index contributed by atoms with van der Waals surface area (Å²) in [7, 11) is 0. The summed E-state index contributed by atoms with van der Waals surface area (Å²) in [6, 6.07) is 0.690. The van der Waals surface area contributed by atoms with Crippen molar-refractivity contribution < 1.29 is 0 Å². The van der Waals surface area contributed by atoms with Gasteiger partial charge in [0.15, 0.2) is 0 Å². The molecular weight excluding hydrogens is 160 g/mol. The van der Waals surface area contributed by atoms with E-state index >= 15 is 0 Å². The zero-order valence-corrected chi connectivity index (χ0v) is 9.32. The Bertz CT molecular complexity index is 137. The standard InChI is InChI=1S/C11H24N2/c1-4-7-11(2,3)13-10-6-5-8-12-9-10/h10,12-13H,4-9H2,1-3H3/t10-/m0/s1.